The number of esters is 1. The van der Waals surface area contributed by atoms with Gasteiger partial charge in [0.15, 0.2) is 11.6 Å². The Morgan fingerprint density at radius 3 is 2.62 bits per heavy atom. The third-order valence-electron chi connectivity index (χ3n) is 3.25. The number of halogens is 1. The van der Waals surface area contributed by atoms with Gasteiger partial charge in [0.2, 0.25) is 10.0 Å². The lowest BCUT2D eigenvalue weighted by Crippen LogP contribution is -2.40. The molecule has 8 heteroatoms. The predicted octanol–water partition coefficient (Wildman–Crippen LogP) is 0.780. The molecule has 0 aromatic heterocycles. The molecule has 1 heterocycles. The topological polar surface area (TPSA) is 72.9 Å². The number of hydrogen-bond acceptors (Lipinski definition) is 5. The summed E-state index contributed by atoms with van der Waals surface area (Å²) in [6, 6.07) is 4.89. The standard InChI is InChI=1S/C13H16FNO5S/c1-19-13(16)11-7-9(8-15(11)21(2,17)18)20-12-6-4-3-5-10(12)14/h3-6,9,11H,7-8H2,1-2H3. The monoisotopic (exact) mass is 317 g/mol. The Bertz CT molecular complexity index is 633. The summed E-state index contributed by atoms with van der Waals surface area (Å²) < 4.78 is 48.1. The molecule has 1 saturated heterocycles. The van der Waals surface area contributed by atoms with E-state index < -0.39 is 34.0 Å². The molecule has 1 aromatic carbocycles. The van der Waals surface area contributed by atoms with Crippen molar-refractivity contribution in [2.24, 2.45) is 0 Å². The van der Waals surface area contributed by atoms with Crippen molar-refractivity contribution in [3.05, 3.63) is 30.1 Å². The van der Waals surface area contributed by atoms with Crippen molar-refractivity contribution in [3.63, 3.8) is 0 Å². The molecule has 0 N–H and O–H groups in total. The second-order valence-corrected chi connectivity index (χ2v) is 6.71. The van der Waals surface area contributed by atoms with Crippen molar-refractivity contribution in [3.8, 4) is 5.75 Å². The van der Waals surface area contributed by atoms with Crippen LogP contribution in [0.3, 0.4) is 0 Å². The maximum Gasteiger partial charge on any atom is 0.324 e. The van der Waals surface area contributed by atoms with Gasteiger partial charge in [-0.3, -0.25) is 4.79 Å². The van der Waals surface area contributed by atoms with Gasteiger partial charge in [0, 0.05) is 6.42 Å². The summed E-state index contributed by atoms with van der Waals surface area (Å²) >= 11 is 0. The molecule has 0 aliphatic carbocycles. The number of carbonyl (C=O) groups excluding carboxylic acids is 1. The fourth-order valence-electron chi connectivity index (χ4n) is 2.29. The van der Waals surface area contributed by atoms with E-state index >= 15 is 0 Å². The molecular weight excluding hydrogens is 301 g/mol. The highest BCUT2D eigenvalue weighted by molar-refractivity contribution is 7.88. The average Bonchev–Trinajstić information content (AvgIpc) is 2.84. The van der Waals surface area contributed by atoms with Crippen LogP contribution < -0.4 is 4.74 Å². The molecule has 0 spiro atoms. The second-order valence-electron chi connectivity index (χ2n) is 4.78. The van der Waals surface area contributed by atoms with Gasteiger partial charge >= 0.3 is 5.97 Å². The first kappa shape index (κ1) is 15.7. The molecule has 0 radical (unpaired) electrons. The minimum Gasteiger partial charge on any atom is -0.486 e. The molecule has 1 fully saturated rings. The van der Waals surface area contributed by atoms with Crippen molar-refractivity contribution < 1.29 is 27.1 Å². The molecule has 1 aromatic rings. The number of carbonyl (C=O) groups is 1. The lowest BCUT2D eigenvalue weighted by Gasteiger charge is -2.19. The molecule has 0 amide bonds. The van der Waals surface area contributed by atoms with Crippen molar-refractivity contribution >= 4 is 16.0 Å². The van der Waals surface area contributed by atoms with Crippen LogP contribution >= 0.6 is 0 Å². The molecule has 6 nitrogen and oxygen atoms in total. The maximum absolute atomic E-state index is 13.5. The molecule has 2 rings (SSSR count). The highest BCUT2D eigenvalue weighted by Gasteiger charge is 2.43. The number of methoxy groups -OCH3 is 1. The summed E-state index contributed by atoms with van der Waals surface area (Å²) in [6.07, 6.45) is 0.517. The summed E-state index contributed by atoms with van der Waals surface area (Å²) in [4.78, 5) is 11.7. The first-order valence-corrected chi connectivity index (χ1v) is 8.13. The van der Waals surface area contributed by atoms with Crippen LogP contribution in [-0.2, 0) is 19.6 Å². The van der Waals surface area contributed by atoms with Crippen LogP contribution in [0.2, 0.25) is 0 Å². The largest absolute Gasteiger partial charge is 0.486 e. The van der Waals surface area contributed by atoms with Crippen LogP contribution in [0.4, 0.5) is 4.39 Å². The number of ether oxygens (including phenoxy) is 2. The van der Waals surface area contributed by atoms with Crippen LogP contribution in [0.5, 0.6) is 5.75 Å². The molecule has 0 saturated carbocycles. The van der Waals surface area contributed by atoms with Gasteiger partial charge in [-0.2, -0.15) is 4.31 Å². The highest BCUT2D eigenvalue weighted by atomic mass is 32.2. The number of sulfonamides is 1. The number of para-hydroxylation sites is 1. The van der Waals surface area contributed by atoms with Crippen molar-refractivity contribution in [2.75, 3.05) is 19.9 Å². The first-order valence-electron chi connectivity index (χ1n) is 6.28. The van der Waals surface area contributed by atoms with Crippen LogP contribution in [0.1, 0.15) is 6.42 Å². The van der Waals surface area contributed by atoms with Gasteiger partial charge in [0.05, 0.1) is 19.9 Å². The Labute approximate surface area is 122 Å². The van der Waals surface area contributed by atoms with Crippen LogP contribution in [0.25, 0.3) is 0 Å². The van der Waals surface area contributed by atoms with E-state index in [4.69, 9.17) is 4.74 Å². The molecule has 1 aliphatic heterocycles. The average molecular weight is 317 g/mol. The molecule has 0 bridgehead atoms. The van der Waals surface area contributed by atoms with Crippen molar-refractivity contribution in [1.29, 1.82) is 0 Å². The number of benzene rings is 1. The van der Waals surface area contributed by atoms with E-state index in [0.717, 1.165) is 10.6 Å². The molecule has 1 aliphatic rings. The maximum atomic E-state index is 13.5. The van der Waals surface area contributed by atoms with Gasteiger partial charge in [0.25, 0.3) is 0 Å². The third kappa shape index (κ3) is 3.51. The number of rotatable bonds is 4. The van der Waals surface area contributed by atoms with Crippen LogP contribution in [0, 0.1) is 5.82 Å². The van der Waals surface area contributed by atoms with Gasteiger partial charge in [-0.1, -0.05) is 12.1 Å². The van der Waals surface area contributed by atoms with E-state index in [1.54, 1.807) is 6.07 Å². The van der Waals surface area contributed by atoms with Crippen molar-refractivity contribution in [1.82, 2.24) is 4.31 Å². The third-order valence-corrected chi connectivity index (χ3v) is 4.50. The van der Waals surface area contributed by atoms with E-state index in [0.29, 0.717) is 0 Å². The van der Waals surface area contributed by atoms with Gasteiger partial charge in [-0.15, -0.1) is 0 Å². The van der Waals surface area contributed by atoms with E-state index in [1.807, 2.05) is 0 Å². The zero-order chi connectivity index (χ0) is 15.6. The Morgan fingerprint density at radius 2 is 2.05 bits per heavy atom. The van der Waals surface area contributed by atoms with E-state index in [9.17, 15) is 17.6 Å². The molecule has 2 atom stereocenters. The number of hydrogen-bond donors (Lipinski definition) is 0. The minimum atomic E-state index is -3.58. The Morgan fingerprint density at radius 1 is 1.38 bits per heavy atom. The smallest absolute Gasteiger partial charge is 0.324 e. The summed E-state index contributed by atoms with van der Waals surface area (Å²) in [5.74, 6) is -1.16. The summed E-state index contributed by atoms with van der Waals surface area (Å²) in [5.41, 5.74) is 0. The van der Waals surface area contributed by atoms with Crippen molar-refractivity contribution in [2.45, 2.75) is 18.6 Å². The highest BCUT2D eigenvalue weighted by Crippen LogP contribution is 2.27. The van der Waals surface area contributed by atoms with Gasteiger partial charge in [0.1, 0.15) is 12.1 Å². The van der Waals surface area contributed by atoms with Crippen LogP contribution in [-0.4, -0.2) is 50.7 Å². The molecule has 116 valence electrons. The van der Waals surface area contributed by atoms with Gasteiger partial charge in [-0.25, -0.2) is 12.8 Å². The van der Waals surface area contributed by atoms with Crippen LogP contribution in [0.15, 0.2) is 24.3 Å². The first-order chi connectivity index (χ1) is 9.82. The normalized spacial score (nSPS) is 23.0. The van der Waals surface area contributed by atoms with E-state index in [-0.39, 0.29) is 18.7 Å². The quantitative estimate of drug-likeness (QED) is 0.767. The summed E-state index contributed by atoms with van der Waals surface area (Å²) in [7, 11) is -2.40. The Balaban J connectivity index is 2.18. The lowest BCUT2D eigenvalue weighted by molar-refractivity contribution is -0.144. The zero-order valence-corrected chi connectivity index (χ0v) is 12.5. The Kier molecular flexibility index (Phi) is 4.48. The SMILES string of the molecule is COC(=O)C1CC(Oc2ccccc2F)CN1S(C)(=O)=O. The molecular formula is C13H16FNO5S. The zero-order valence-electron chi connectivity index (χ0n) is 11.7. The Hall–Kier alpha value is -1.67. The van der Waals surface area contributed by atoms with Gasteiger partial charge < -0.3 is 9.47 Å². The predicted molar refractivity (Wildman–Crippen MR) is 72.8 cm³/mol. The summed E-state index contributed by atoms with van der Waals surface area (Å²) in [6.45, 7) is -0.0209. The minimum absolute atomic E-state index is 0.0209. The molecule has 2 unspecified atom stereocenters. The fraction of sp³-hybridized carbons (Fsp3) is 0.462. The number of nitrogens with zero attached hydrogens (tertiary/aromatic N) is 1. The summed E-state index contributed by atoms with van der Waals surface area (Å²) in [5, 5.41) is 0. The fourth-order valence-corrected chi connectivity index (χ4v) is 3.36. The van der Waals surface area contributed by atoms with Gasteiger partial charge in [-0.05, 0) is 12.1 Å². The van der Waals surface area contributed by atoms with E-state index in [2.05, 4.69) is 4.74 Å². The van der Waals surface area contributed by atoms with E-state index in [1.165, 1.54) is 25.3 Å². The second kappa shape index (κ2) is 5.98. The molecule has 21 heavy (non-hydrogen) atoms. The lowest BCUT2D eigenvalue weighted by atomic mass is 10.2.